The van der Waals surface area contributed by atoms with Gasteiger partial charge in [-0.25, -0.2) is 13.8 Å². The average Bonchev–Trinajstić information content (AvgIpc) is 2.77. The van der Waals surface area contributed by atoms with Crippen molar-refractivity contribution in [2.24, 2.45) is 5.92 Å². The molecule has 1 aromatic heterocycles. The molecule has 0 aliphatic carbocycles. The van der Waals surface area contributed by atoms with Crippen molar-refractivity contribution < 1.29 is 31.5 Å². The van der Waals surface area contributed by atoms with E-state index in [4.69, 9.17) is 0 Å². The zero-order valence-electron chi connectivity index (χ0n) is 18.6. The van der Waals surface area contributed by atoms with Gasteiger partial charge in [-0.2, -0.15) is 13.2 Å². The van der Waals surface area contributed by atoms with E-state index < -0.39 is 46.8 Å². The van der Waals surface area contributed by atoms with E-state index >= 15 is 0 Å². The third-order valence-corrected chi connectivity index (χ3v) is 5.67. The number of halogens is 5. The maximum absolute atomic E-state index is 13.9. The van der Waals surface area contributed by atoms with Crippen LogP contribution >= 0.6 is 0 Å². The van der Waals surface area contributed by atoms with Crippen molar-refractivity contribution >= 4 is 17.6 Å². The van der Waals surface area contributed by atoms with Gasteiger partial charge in [0.25, 0.3) is 5.91 Å². The molecule has 1 fully saturated rings. The number of nitrogens with one attached hydrogen (secondary N) is 2. The van der Waals surface area contributed by atoms with Gasteiger partial charge in [0, 0.05) is 25.3 Å². The number of pyridine rings is 1. The van der Waals surface area contributed by atoms with Crippen molar-refractivity contribution in [2.75, 3.05) is 18.0 Å². The van der Waals surface area contributed by atoms with E-state index in [1.54, 1.807) is 13.8 Å². The highest BCUT2D eigenvalue weighted by Crippen LogP contribution is 2.29. The molecule has 0 bridgehead atoms. The van der Waals surface area contributed by atoms with E-state index in [0.717, 1.165) is 30.5 Å². The highest BCUT2D eigenvalue weighted by molar-refractivity contribution is 5.98. The van der Waals surface area contributed by atoms with Gasteiger partial charge in [0.1, 0.15) is 29.1 Å². The third-order valence-electron chi connectivity index (χ3n) is 5.67. The lowest BCUT2D eigenvalue weighted by molar-refractivity contribution is -0.137. The molecule has 1 saturated heterocycles. The van der Waals surface area contributed by atoms with E-state index in [0.29, 0.717) is 31.7 Å². The number of alkyl halides is 3. The van der Waals surface area contributed by atoms with Crippen LogP contribution in [-0.2, 0) is 11.0 Å². The van der Waals surface area contributed by atoms with Crippen LogP contribution in [0.4, 0.5) is 27.8 Å². The van der Waals surface area contributed by atoms with Crippen LogP contribution in [0, 0.1) is 17.6 Å². The highest BCUT2D eigenvalue weighted by atomic mass is 19.4. The first-order chi connectivity index (χ1) is 16.0. The van der Waals surface area contributed by atoms with Crippen LogP contribution in [0.5, 0.6) is 0 Å². The molecule has 2 aromatic rings. The van der Waals surface area contributed by atoms with Crippen molar-refractivity contribution in [1.82, 2.24) is 15.6 Å². The Morgan fingerprint density at radius 2 is 1.68 bits per heavy atom. The number of hydrogen-bond donors (Lipinski definition) is 2. The van der Waals surface area contributed by atoms with Crippen molar-refractivity contribution in [3.63, 3.8) is 0 Å². The molecule has 184 valence electrons. The van der Waals surface area contributed by atoms with Gasteiger partial charge in [-0.3, -0.25) is 9.59 Å². The minimum Gasteiger partial charge on any atom is -0.356 e. The van der Waals surface area contributed by atoms with Gasteiger partial charge in [-0.05, 0) is 43.0 Å². The number of carbonyl (C=O) groups is 2. The minimum atomic E-state index is -4.46. The van der Waals surface area contributed by atoms with Crippen molar-refractivity contribution in [1.29, 1.82) is 0 Å². The smallest absolute Gasteiger partial charge is 0.356 e. The van der Waals surface area contributed by atoms with Crippen LogP contribution < -0.4 is 15.5 Å². The van der Waals surface area contributed by atoms with Crippen molar-refractivity contribution in [3.05, 3.63) is 59.3 Å². The second kappa shape index (κ2) is 10.4. The first-order valence-corrected chi connectivity index (χ1v) is 10.8. The first kappa shape index (κ1) is 25.4. The molecule has 6 nitrogen and oxygen atoms in total. The molecule has 2 amide bonds. The summed E-state index contributed by atoms with van der Waals surface area (Å²) in [5.74, 6) is -3.49. The fourth-order valence-electron chi connectivity index (χ4n) is 3.75. The monoisotopic (exact) mass is 484 g/mol. The van der Waals surface area contributed by atoms with Crippen LogP contribution in [-0.4, -0.2) is 42.0 Å². The Labute approximate surface area is 193 Å². The predicted octanol–water partition coefficient (Wildman–Crippen LogP) is 3.92. The zero-order valence-corrected chi connectivity index (χ0v) is 18.6. The lowest BCUT2D eigenvalue weighted by Gasteiger charge is -2.34. The Bertz CT molecular complexity index is 999. The predicted molar refractivity (Wildman–Crippen MR) is 115 cm³/mol. The SMILES string of the molecule is CC(C)C(NC(=O)c1c(F)cccc1F)C(=O)NC1CCN(c2ccc(C(F)(F)F)cn2)CC1. The molecule has 0 saturated carbocycles. The van der Waals surface area contributed by atoms with Gasteiger partial charge < -0.3 is 15.5 Å². The van der Waals surface area contributed by atoms with Gasteiger partial charge >= 0.3 is 6.18 Å². The molecule has 2 N–H and O–H groups in total. The van der Waals surface area contributed by atoms with Gasteiger partial charge in [-0.1, -0.05) is 19.9 Å². The summed E-state index contributed by atoms with van der Waals surface area (Å²) < 4.78 is 66.0. The number of amides is 2. The van der Waals surface area contributed by atoms with E-state index in [-0.39, 0.29) is 12.0 Å². The molecule has 1 aromatic carbocycles. The number of hydrogen-bond acceptors (Lipinski definition) is 4. The number of anilines is 1. The standard InChI is InChI=1S/C23H25F5N4O2/c1-13(2)20(31-21(33)19-16(24)4-3-5-17(19)25)22(34)30-15-8-10-32(11-9-15)18-7-6-14(12-29-18)23(26,27)28/h3-7,12-13,15,20H,8-11H2,1-2H3,(H,30,34)(H,31,33). The van der Waals surface area contributed by atoms with E-state index in [1.807, 2.05) is 4.90 Å². The molecule has 34 heavy (non-hydrogen) atoms. The van der Waals surface area contributed by atoms with E-state index in [1.165, 1.54) is 6.07 Å². The summed E-state index contributed by atoms with van der Waals surface area (Å²) in [5.41, 5.74) is -1.58. The van der Waals surface area contributed by atoms with E-state index in [9.17, 15) is 31.5 Å². The van der Waals surface area contributed by atoms with Gasteiger partial charge in [-0.15, -0.1) is 0 Å². The number of carbonyl (C=O) groups excluding carboxylic acids is 2. The quantitative estimate of drug-likeness (QED) is 0.610. The summed E-state index contributed by atoms with van der Waals surface area (Å²) in [6, 6.07) is 4.10. The second-order valence-electron chi connectivity index (χ2n) is 8.46. The normalized spacial score (nSPS) is 15.8. The van der Waals surface area contributed by atoms with Crippen LogP contribution in [0.3, 0.4) is 0 Å². The van der Waals surface area contributed by atoms with Crippen molar-refractivity contribution in [2.45, 2.75) is 44.9 Å². The largest absolute Gasteiger partial charge is 0.417 e. The maximum atomic E-state index is 13.9. The molecule has 1 aliphatic heterocycles. The molecule has 1 atom stereocenters. The fourth-order valence-corrected chi connectivity index (χ4v) is 3.75. The summed E-state index contributed by atoms with van der Waals surface area (Å²) in [6.07, 6.45) is -2.65. The molecular formula is C23H25F5N4O2. The summed E-state index contributed by atoms with van der Waals surface area (Å²) in [5, 5.41) is 5.26. The lowest BCUT2D eigenvalue weighted by Crippen LogP contribution is -2.54. The Kier molecular flexibility index (Phi) is 7.73. The number of nitrogens with zero attached hydrogens (tertiary/aromatic N) is 2. The van der Waals surface area contributed by atoms with Crippen LogP contribution in [0.25, 0.3) is 0 Å². The van der Waals surface area contributed by atoms with Crippen molar-refractivity contribution in [3.8, 4) is 0 Å². The molecule has 11 heteroatoms. The highest BCUT2D eigenvalue weighted by Gasteiger charge is 2.32. The van der Waals surface area contributed by atoms with Gasteiger partial charge in [0.15, 0.2) is 0 Å². The number of benzene rings is 1. The summed E-state index contributed by atoms with van der Waals surface area (Å²) >= 11 is 0. The number of rotatable bonds is 6. The number of piperidine rings is 1. The second-order valence-corrected chi connectivity index (χ2v) is 8.46. The maximum Gasteiger partial charge on any atom is 0.417 e. The third kappa shape index (κ3) is 6.00. The summed E-state index contributed by atoms with van der Waals surface area (Å²) in [4.78, 5) is 31.0. The molecule has 3 rings (SSSR count). The Balaban J connectivity index is 1.57. The van der Waals surface area contributed by atoms with E-state index in [2.05, 4.69) is 15.6 Å². The topological polar surface area (TPSA) is 74.3 Å². The zero-order chi connectivity index (χ0) is 25.0. The molecule has 0 radical (unpaired) electrons. The van der Waals surface area contributed by atoms with Crippen LogP contribution in [0.2, 0.25) is 0 Å². The first-order valence-electron chi connectivity index (χ1n) is 10.8. The Morgan fingerprint density at radius 1 is 1.06 bits per heavy atom. The molecule has 1 aliphatic rings. The average molecular weight is 484 g/mol. The van der Waals surface area contributed by atoms with Gasteiger partial charge in [0.2, 0.25) is 5.91 Å². The minimum absolute atomic E-state index is 0.235. The lowest BCUT2D eigenvalue weighted by atomic mass is 10.00. The summed E-state index contributed by atoms with van der Waals surface area (Å²) in [6.45, 7) is 4.31. The molecule has 1 unspecified atom stereocenters. The summed E-state index contributed by atoms with van der Waals surface area (Å²) in [7, 11) is 0. The Morgan fingerprint density at radius 3 is 2.18 bits per heavy atom. The van der Waals surface area contributed by atoms with Crippen LogP contribution in [0.15, 0.2) is 36.5 Å². The molecule has 2 heterocycles. The number of aromatic nitrogens is 1. The fraction of sp³-hybridized carbons (Fsp3) is 0.435. The Hall–Kier alpha value is -3.24. The van der Waals surface area contributed by atoms with Gasteiger partial charge in [0.05, 0.1) is 5.56 Å². The molecular weight excluding hydrogens is 459 g/mol. The molecule has 0 spiro atoms. The van der Waals surface area contributed by atoms with Crippen LogP contribution in [0.1, 0.15) is 42.6 Å².